The summed E-state index contributed by atoms with van der Waals surface area (Å²) < 4.78 is 25.3. The average molecular weight is 659 g/mol. The highest BCUT2D eigenvalue weighted by atomic mass is 16.7. The van der Waals surface area contributed by atoms with Crippen LogP contribution >= 0.6 is 0 Å². The minimum Gasteiger partial charge on any atom is -0.481 e. The number of carboxylic acids is 1. The standard InChI is InChI=1S/C38H46N2O8/c1-26-33(24-40-18-16-38(17-19-40)45-20-21-46-38)47-37(48-36(26)30-10-8-27(25-41)9-11-30)31-14-12-29(13-15-31)32-5-2-4-28(22-32)23-39-34(42)6-3-7-35(43)44/h2,4-5,8-15,22,26,33,36-37,41H,3,6-7,16-21,23-25H2,1H3,(H,39,42)(H,43,44)/t26-,33+,36+,37+/m0/s1. The lowest BCUT2D eigenvalue weighted by atomic mass is 9.89. The number of rotatable bonds is 12. The fourth-order valence-electron chi connectivity index (χ4n) is 6.83. The summed E-state index contributed by atoms with van der Waals surface area (Å²) >= 11 is 0. The molecule has 3 aliphatic heterocycles. The van der Waals surface area contributed by atoms with E-state index in [9.17, 15) is 14.7 Å². The van der Waals surface area contributed by atoms with Gasteiger partial charge in [0.25, 0.3) is 0 Å². The topological polar surface area (TPSA) is 127 Å². The Morgan fingerprint density at radius 2 is 1.58 bits per heavy atom. The normalized spacial score (nSPS) is 24.0. The highest BCUT2D eigenvalue weighted by molar-refractivity contribution is 5.76. The Labute approximate surface area is 282 Å². The summed E-state index contributed by atoms with van der Waals surface area (Å²) in [7, 11) is 0. The molecule has 3 N–H and O–H groups in total. The zero-order valence-corrected chi connectivity index (χ0v) is 27.5. The van der Waals surface area contributed by atoms with Gasteiger partial charge in [-0.05, 0) is 40.3 Å². The summed E-state index contributed by atoms with van der Waals surface area (Å²) in [4.78, 5) is 25.3. The lowest BCUT2D eigenvalue weighted by Gasteiger charge is -2.44. The van der Waals surface area contributed by atoms with Gasteiger partial charge in [-0.3, -0.25) is 9.59 Å². The number of ether oxygens (including phenoxy) is 4. The van der Waals surface area contributed by atoms with E-state index in [0.29, 0.717) is 26.2 Å². The molecule has 0 unspecified atom stereocenters. The molecule has 1 amide bonds. The van der Waals surface area contributed by atoms with Crippen molar-refractivity contribution in [3.05, 3.63) is 95.1 Å². The summed E-state index contributed by atoms with van der Waals surface area (Å²) in [5.74, 6) is -1.38. The first-order valence-corrected chi connectivity index (χ1v) is 17.0. The van der Waals surface area contributed by atoms with Crippen molar-refractivity contribution in [3.63, 3.8) is 0 Å². The fourth-order valence-corrected chi connectivity index (χ4v) is 6.83. The van der Waals surface area contributed by atoms with E-state index >= 15 is 0 Å². The van der Waals surface area contributed by atoms with E-state index in [2.05, 4.69) is 41.4 Å². The first kappa shape index (κ1) is 34.2. The van der Waals surface area contributed by atoms with E-state index in [0.717, 1.165) is 65.9 Å². The predicted octanol–water partition coefficient (Wildman–Crippen LogP) is 5.35. The molecule has 256 valence electrons. The Morgan fingerprint density at radius 3 is 2.27 bits per heavy atom. The molecule has 3 aromatic rings. The van der Waals surface area contributed by atoms with E-state index in [-0.39, 0.29) is 43.5 Å². The van der Waals surface area contributed by atoms with Gasteiger partial charge in [-0.15, -0.1) is 0 Å². The van der Waals surface area contributed by atoms with Gasteiger partial charge in [-0.25, -0.2) is 0 Å². The molecule has 6 rings (SSSR count). The lowest BCUT2D eigenvalue weighted by molar-refractivity contribution is -0.278. The van der Waals surface area contributed by atoms with Crippen LogP contribution in [0.1, 0.15) is 73.7 Å². The number of hydrogen-bond acceptors (Lipinski definition) is 8. The van der Waals surface area contributed by atoms with Crippen molar-refractivity contribution >= 4 is 11.9 Å². The largest absolute Gasteiger partial charge is 0.481 e. The quantitative estimate of drug-likeness (QED) is 0.236. The number of carboxylic acid groups (broad SMARTS) is 1. The maximum atomic E-state index is 12.1. The first-order chi connectivity index (χ1) is 23.3. The molecule has 3 aliphatic rings. The number of piperidine rings is 1. The smallest absolute Gasteiger partial charge is 0.303 e. The minimum absolute atomic E-state index is 0.00190. The molecule has 3 aromatic carbocycles. The number of aliphatic hydroxyl groups excluding tert-OH is 1. The molecule has 0 radical (unpaired) electrons. The van der Waals surface area contributed by atoms with Gasteiger partial charge in [-0.2, -0.15) is 0 Å². The van der Waals surface area contributed by atoms with Gasteiger partial charge in [0.2, 0.25) is 5.91 Å². The van der Waals surface area contributed by atoms with Gasteiger partial charge in [0.15, 0.2) is 12.1 Å². The number of aliphatic hydroxyl groups is 1. The molecule has 0 bridgehead atoms. The van der Waals surface area contributed by atoms with Gasteiger partial charge in [-0.1, -0.05) is 73.7 Å². The number of carbonyl (C=O) groups excluding carboxylic acids is 1. The van der Waals surface area contributed by atoms with Crippen molar-refractivity contribution in [3.8, 4) is 11.1 Å². The third-order valence-electron chi connectivity index (χ3n) is 9.72. The summed E-state index contributed by atoms with van der Waals surface area (Å²) in [6, 6.07) is 24.2. The van der Waals surface area contributed by atoms with Crippen LogP contribution in [-0.2, 0) is 41.7 Å². The van der Waals surface area contributed by atoms with Crippen LogP contribution in [0, 0.1) is 5.92 Å². The second-order valence-electron chi connectivity index (χ2n) is 13.1. The van der Waals surface area contributed by atoms with Gasteiger partial charge >= 0.3 is 5.97 Å². The number of carbonyl (C=O) groups is 2. The summed E-state index contributed by atoms with van der Waals surface area (Å²) in [6.45, 7) is 6.44. The number of likely N-dealkylation sites (tertiary alicyclic amines) is 1. The molecule has 10 nitrogen and oxygen atoms in total. The number of nitrogens with zero attached hydrogens (tertiary/aromatic N) is 1. The molecule has 3 heterocycles. The first-order valence-electron chi connectivity index (χ1n) is 17.0. The molecular weight excluding hydrogens is 612 g/mol. The summed E-state index contributed by atoms with van der Waals surface area (Å²) in [6.07, 6.45) is 1.39. The molecule has 0 aromatic heterocycles. The number of amides is 1. The predicted molar refractivity (Wildman–Crippen MR) is 178 cm³/mol. The van der Waals surface area contributed by atoms with Crippen molar-refractivity contribution in [2.75, 3.05) is 32.8 Å². The maximum Gasteiger partial charge on any atom is 0.303 e. The zero-order chi connectivity index (χ0) is 33.5. The molecule has 10 heteroatoms. The van der Waals surface area contributed by atoms with E-state index in [4.69, 9.17) is 24.1 Å². The fraction of sp³-hybridized carbons (Fsp3) is 0.474. The molecule has 48 heavy (non-hydrogen) atoms. The van der Waals surface area contributed by atoms with Crippen LogP contribution < -0.4 is 5.32 Å². The van der Waals surface area contributed by atoms with Gasteiger partial charge in [0.1, 0.15) is 0 Å². The number of hydrogen-bond donors (Lipinski definition) is 3. The maximum absolute atomic E-state index is 12.1. The van der Waals surface area contributed by atoms with Crippen molar-refractivity contribution in [1.82, 2.24) is 10.2 Å². The van der Waals surface area contributed by atoms with Crippen molar-refractivity contribution in [1.29, 1.82) is 0 Å². The van der Waals surface area contributed by atoms with Crippen LogP contribution in [0.2, 0.25) is 0 Å². The van der Waals surface area contributed by atoms with Crippen LogP contribution in [0.5, 0.6) is 0 Å². The Balaban J connectivity index is 1.14. The van der Waals surface area contributed by atoms with Gasteiger partial charge in [0.05, 0.1) is 32.0 Å². The van der Waals surface area contributed by atoms with Crippen LogP contribution in [0.15, 0.2) is 72.8 Å². The lowest BCUT2D eigenvalue weighted by Crippen LogP contribution is -2.50. The van der Waals surface area contributed by atoms with E-state index in [1.807, 2.05) is 48.5 Å². The number of nitrogens with one attached hydrogen (secondary N) is 1. The van der Waals surface area contributed by atoms with E-state index in [1.165, 1.54) is 0 Å². The van der Waals surface area contributed by atoms with Crippen LogP contribution in [-0.4, -0.2) is 71.7 Å². The number of aliphatic carboxylic acids is 1. The molecule has 0 saturated carbocycles. The van der Waals surface area contributed by atoms with E-state index in [1.54, 1.807) is 0 Å². The zero-order valence-electron chi connectivity index (χ0n) is 27.5. The monoisotopic (exact) mass is 658 g/mol. The Kier molecular flexibility index (Phi) is 11.2. The van der Waals surface area contributed by atoms with Crippen LogP contribution in [0.25, 0.3) is 11.1 Å². The summed E-state index contributed by atoms with van der Waals surface area (Å²) in [5.41, 5.74) is 5.88. The SMILES string of the molecule is C[C@H]1[C@@H](CN2CCC3(CC2)OCCO3)O[C@@H](c2ccc(-c3cccc(CNC(=O)CCCC(=O)O)c3)cc2)O[C@H]1c1ccc(CO)cc1. The van der Waals surface area contributed by atoms with Gasteiger partial charge < -0.3 is 39.4 Å². The van der Waals surface area contributed by atoms with Crippen molar-refractivity contribution in [2.24, 2.45) is 5.92 Å². The number of benzene rings is 3. The third kappa shape index (κ3) is 8.49. The molecule has 4 atom stereocenters. The average Bonchev–Trinajstić information content (AvgIpc) is 3.57. The second kappa shape index (κ2) is 15.7. The molecule has 0 aliphatic carbocycles. The highest BCUT2D eigenvalue weighted by Crippen LogP contribution is 2.42. The summed E-state index contributed by atoms with van der Waals surface area (Å²) in [5, 5.41) is 21.3. The van der Waals surface area contributed by atoms with E-state index < -0.39 is 18.0 Å². The third-order valence-corrected chi connectivity index (χ3v) is 9.72. The molecule has 3 saturated heterocycles. The Hall–Kier alpha value is -3.64. The van der Waals surface area contributed by atoms with Crippen molar-refractivity contribution in [2.45, 2.75) is 76.5 Å². The van der Waals surface area contributed by atoms with Gasteiger partial charge in [0, 0.05) is 63.3 Å². The van der Waals surface area contributed by atoms with Crippen LogP contribution in [0.4, 0.5) is 0 Å². The Bertz CT molecular complexity index is 1510. The minimum atomic E-state index is -0.896. The molecule has 3 fully saturated rings. The molecular formula is C38H46N2O8. The second-order valence-corrected chi connectivity index (χ2v) is 13.1. The molecule has 1 spiro atoms. The Morgan fingerprint density at radius 1 is 0.875 bits per heavy atom. The highest BCUT2D eigenvalue weighted by Gasteiger charge is 2.43. The van der Waals surface area contributed by atoms with Crippen LogP contribution in [0.3, 0.4) is 0 Å². The van der Waals surface area contributed by atoms with Crippen molar-refractivity contribution < 1.29 is 38.7 Å².